The van der Waals surface area contributed by atoms with Gasteiger partial charge in [-0.25, -0.2) is 4.79 Å². The summed E-state index contributed by atoms with van der Waals surface area (Å²) >= 11 is 0. The predicted molar refractivity (Wildman–Crippen MR) is 81.4 cm³/mol. The lowest BCUT2D eigenvalue weighted by atomic mass is 10.2. The van der Waals surface area contributed by atoms with Crippen LogP contribution in [0.5, 0.6) is 0 Å². The minimum atomic E-state index is -2.05. The third-order valence-electron chi connectivity index (χ3n) is 3.64. The van der Waals surface area contributed by atoms with Crippen LogP contribution in [0.25, 0.3) is 0 Å². The number of methoxy groups -OCH3 is 2. The van der Waals surface area contributed by atoms with Crippen molar-refractivity contribution in [3.63, 3.8) is 0 Å². The molecule has 20 heavy (non-hydrogen) atoms. The highest BCUT2D eigenvalue weighted by molar-refractivity contribution is 6.74. The maximum Gasteiger partial charge on any atom is 0.336 e. The molecule has 0 aliphatic heterocycles. The Morgan fingerprint density at radius 1 is 1.15 bits per heavy atom. The molecular formula is C14H30O5Si. The first kappa shape index (κ1) is 19.6. The molecule has 0 aromatic heterocycles. The normalized spacial score (nSPS) is 15.8. The molecule has 1 unspecified atom stereocenters. The van der Waals surface area contributed by atoms with E-state index in [1.807, 2.05) is 6.92 Å². The maximum atomic E-state index is 11.9. The molecule has 2 atom stereocenters. The van der Waals surface area contributed by atoms with Gasteiger partial charge in [0.15, 0.2) is 14.4 Å². The van der Waals surface area contributed by atoms with Crippen LogP contribution in [-0.2, 0) is 23.4 Å². The van der Waals surface area contributed by atoms with E-state index < -0.39 is 14.4 Å². The zero-order chi connectivity index (χ0) is 16.0. The van der Waals surface area contributed by atoms with Crippen molar-refractivity contribution in [2.24, 2.45) is 0 Å². The van der Waals surface area contributed by atoms with Crippen molar-refractivity contribution >= 4 is 14.3 Å². The van der Waals surface area contributed by atoms with E-state index in [9.17, 15) is 4.79 Å². The van der Waals surface area contributed by atoms with Gasteiger partial charge in [0.1, 0.15) is 0 Å². The van der Waals surface area contributed by atoms with Crippen molar-refractivity contribution < 1.29 is 23.4 Å². The van der Waals surface area contributed by atoms with Crippen molar-refractivity contribution in [1.82, 2.24) is 0 Å². The zero-order valence-electron chi connectivity index (χ0n) is 14.1. The van der Waals surface area contributed by atoms with Gasteiger partial charge < -0.3 is 18.6 Å². The van der Waals surface area contributed by atoms with Gasteiger partial charge in [-0.05, 0) is 25.1 Å². The molecule has 0 aromatic rings. The van der Waals surface area contributed by atoms with Gasteiger partial charge >= 0.3 is 5.97 Å². The van der Waals surface area contributed by atoms with E-state index in [0.717, 1.165) is 0 Å². The van der Waals surface area contributed by atoms with Crippen LogP contribution in [0.3, 0.4) is 0 Å². The Kier molecular flexibility index (Phi) is 7.94. The lowest BCUT2D eigenvalue weighted by Crippen LogP contribution is -2.48. The van der Waals surface area contributed by atoms with E-state index in [1.54, 1.807) is 7.11 Å². The van der Waals surface area contributed by atoms with Gasteiger partial charge in [-0.2, -0.15) is 0 Å². The first-order chi connectivity index (χ1) is 9.05. The Morgan fingerprint density at radius 2 is 1.70 bits per heavy atom. The molecule has 0 heterocycles. The summed E-state index contributed by atoms with van der Waals surface area (Å²) in [6, 6.07) is 0. The van der Waals surface area contributed by atoms with Gasteiger partial charge in [-0.3, -0.25) is 0 Å². The van der Waals surface area contributed by atoms with Crippen LogP contribution in [0.15, 0.2) is 0 Å². The molecule has 0 N–H and O–H groups in total. The van der Waals surface area contributed by atoms with Crippen LogP contribution in [0.4, 0.5) is 0 Å². The Balaban J connectivity index is 4.70. The second-order valence-corrected chi connectivity index (χ2v) is 11.2. The topological polar surface area (TPSA) is 54.0 Å². The fourth-order valence-electron chi connectivity index (χ4n) is 1.35. The molecule has 0 spiro atoms. The molecule has 5 nitrogen and oxygen atoms in total. The lowest BCUT2D eigenvalue weighted by Gasteiger charge is -2.38. The van der Waals surface area contributed by atoms with Crippen LogP contribution in [0.2, 0.25) is 18.1 Å². The van der Waals surface area contributed by atoms with E-state index in [2.05, 4.69) is 33.9 Å². The monoisotopic (exact) mass is 306 g/mol. The van der Waals surface area contributed by atoms with Crippen molar-refractivity contribution in [3.05, 3.63) is 0 Å². The van der Waals surface area contributed by atoms with E-state index in [1.165, 1.54) is 7.11 Å². The number of carbonyl (C=O) groups is 1. The Hall–Kier alpha value is -0.433. The molecule has 0 aromatic carbocycles. The number of rotatable bonds is 8. The van der Waals surface area contributed by atoms with E-state index >= 15 is 0 Å². The summed E-state index contributed by atoms with van der Waals surface area (Å²) in [4.78, 5) is 11.9. The first-order valence-corrected chi connectivity index (χ1v) is 9.82. The molecule has 0 aliphatic rings. The molecule has 0 amide bonds. The number of ether oxygens (including phenoxy) is 3. The maximum absolute atomic E-state index is 11.9. The predicted octanol–water partition coefficient (Wildman–Crippen LogP) is 2.60. The second-order valence-electron chi connectivity index (χ2n) is 6.49. The minimum absolute atomic E-state index is 0.0252. The quantitative estimate of drug-likeness (QED) is 0.509. The minimum Gasteiger partial charge on any atom is -0.467 e. The Morgan fingerprint density at radius 3 is 2.10 bits per heavy atom. The summed E-state index contributed by atoms with van der Waals surface area (Å²) in [6.07, 6.45) is -0.768. The average molecular weight is 306 g/mol. The van der Waals surface area contributed by atoms with Gasteiger partial charge in [-0.1, -0.05) is 20.8 Å². The summed E-state index contributed by atoms with van der Waals surface area (Å²) in [7, 11) is 0.929. The van der Waals surface area contributed by atoms with Crippen LogP contribution in [-0.4, -0.2) is 53.9 Å². The van der Waals surface area contributed by atoms with Crippen LogP contribution >= 0.6 is 0 Å². The molecular weight excluding hydrogens is 276 g/mol. The lowest BCUT2D eigenvalue weighted by molar-refractivity contribution is -0.154. The molecule has 120 valence electrons. The SMILES string of the molecule is COC[C@H](C)OCC(O[Si](C)(C)C(C)(C)C)C(=O)OC. The highest BCUT2D eigenvalue weighted by Gasteiger charge is 2.41. The molecule has 6 heteroatoms. The first-order valence-electron chi connectivity index (χ1n) is 6.91. The average Bonchev–Trinajstić information content (AvgIpc) is 2.32. The smallest absolute Gasteiger partial charge is 0.336 e. The second kappa shape index (κ2) is 8.12. The fourth-order valence-corrected chi connectivity index (χ4v) is 2.58. The van der Waals surface area contributed by atoms with E-state index in [0.29, 0.717) is 6.61 Å². The zero-order valence-corrected chi connectivity index (χ0v) is 15.1. The number of esters is 1. The number of hydrogen-bond donors (Lipinski definition) is 0. The van der Waals surface area contributed by atoms with Gasteiger partial charge in [-0.15, -0.1) is 0 Å². The van der Waals surface area contributed by atoms with Crippen molar-refractivity contribution in [2.75, 3.05) is 27.4 Å². The summed E-state index contributed by atoms with van der Waals surface area (Å²) in [5.41, 5.74) is 0. The molecule has 0 saturated carbocycles. The highest BCUT2D eigenvalue weighted by atomic mass is 28.4. The molecule has 0 fully saturated rings. The fraction of sp³-hybridized carbons (Fsp3) is 0.929. The third kappa shape index (κ3) is 6.34. The molecule has 0 rings (SSSR count). The Labute approximate surface area is 124 Å². The Bertz CT molecular complexity index is 298. The summed E-state index contributed by atoms with van der Waals surface area (Å²) < 4.78 is 21.5. The van der Waals surface area contributed by atoms with Gasteiger partial charge in [0.05, 0.1) is 26.4 Å². The largest absolute Gasteiger partial charge is 0.467 e. The summed E-state index contributed by atoms with van der Waals surface area (Å²) in [6.45, 7) is 13.1. The molecule has 0 aliphatic carbocycles. The molecule has 0 radical (unpaired) electrons. The van der Waals surface area contributed by atoms with E-state index in [-0.39, 0.29) is 23.7 Å². The van der Waals surface area contributed by atoms with E-state index in [4.69, 9.17) is 18.6 Å². The standard InChI is InChI=1S/C14H30O5Si/c1-11(9-16-5)18-10-12(13(15)17-6)19-20(7,8)14(2,3)4/h11-12H,9-10H2,1-8H3/t11-,12?/m0/s1. The van der Waals surface area contributed by atoms with Gasteiger partial charge in [0, 0.05) is 7.11 Å². The highest BCUT2D eigenvalue weighted by Crippen LogP contribution is 2.37. The number of carbonyl (C=O) groups excluding carboxylic acids is 1. The summed E-state index contributed by atoms with van der Waals surface area (Å²) in [5, 5.41) is 0.0252. The van der Waals surface area contributed by atoms with Gasteiger partial charge in [0.25, 0.3) is 0 Å². The number of hydrogen-bond acceptors (Lipinski definition) is 5. The van der Waals surface area contributed by atoms with Crippen LogP contribution in [0.1, 0.15) is 27.7 Å². The van der Waals surface area contributed by atoms with Crippen molar-refractivity contribution in [2.45, 2.75) is 58.0 Å². The van der Waals surface area contributed by atoms with Gasteiger partial charge in [0.2, 0.25) is 0 Å². The van der Waals surface area contributed by atoms with Crippen molar-refractivity contribution in [1.29, 1.82) is 0 Å². The molecule has 0 bridgehead atoms. The third-order valence-corrected chi connectivity index (χ3v) is 8.13. The van der Waals surface area contributed by atoms with Crippen LogP contribution in [0, 0.1) is 0 Å². The van der Waals surface area contributed by atoms with Crippen LogP contribution < -0.4 is 0 Å². The molecule has 0 saturated heterocycles. The van der Waals surface area contributed by atoms with Crippen molar-refractivity contribution in [3.8, 4) is 0 Å². The summed E-state index contributed by atoms with van der Waals surface area (Å²) in [5.74, 6) is -0.389.